The Morgan fingerprint density at radius 1 is 1.40 bits per heavy atom. The fourth-order valence-electron chi connectivity index (χ4n) is 1.72. The molecule has 20 heavy (non-hydrogen) atoms. The summed E-state index contributed by atoms with van der Waals surface area (Å²) in [6, 6.07) is 2.61. The molecular formula is C11H9F4N3O2. The van der Waals surface area contributed by atoms with Crippen molar-refractivity contribution in [1.82, 2.24) is 9.99 Å². The van der Waals surface area contributed by atoms with E-state index in [9.17, 15) is 27.5 Å². The highest BCUT2D eigenvalue weighted by molar-refractivity contribution is 5.98. The first-order valence-electron chi connectivity index (χ1n) is 5.47. The highest BCUT2D eigenvalue weighted by Gasteiger charge is 2.53. The number of pyridine rings is 1. The average Bonchev–Trinajstić information content (AvgIpc) is 2.79. The molecule has 1 aliphatic heterocycles. The van der Waals surface area contributed by atoms with Crippen LogP contribution in [0.3, 0.4) is 0 Å². The first kappa shape index (κ1) is 14.4. The van der Waals surface area contributed by atoms with E-state index in [2.05, 4.69) is 10.1 Å². The molecule has 2 heterocycles. The van der Waals surface area contributed by atoms with Crippen LogP contribution in [0.15, 0.2) is 29.6 Å². The number of rotatable bonds is 3. The molecule has 0 aliphatic carbocycles. The Kier molecular flexibility index (Phi) is 3.71. The summed E-state index contributed by atoms with van der Waals surface area (Å²) in [5, 5.41) is 12.9. The van der Waals surface area contributed by atoms with Crippen LogP contribution in [0.2, 0.25) is 0 Å². The molecule has 1 N–H and O–H groups in total. The number of nitrogens with zero attached hydrogens (tertiary/aromatic N) is 3. The molecule has 108 valence electrons. The van der Waals surface area contributed by atoms with E-state index in [1.54, 1.807) is 0 Å². The van der Waals surface area contributed by atoms with E-state index in [4.69, 9.17) is 0 Å². The summed E-state index contributed by atoms with van der Waals surface area (Å²) in [6.07, 6.45) is -5.28. The van der Waals surface area contributed by atoms with Crippen molar-refractivity contribution >= 4 is 11.6 Å². The molecule has 1 aromatic rings. The topological polar surface area (TPSA) is 65.8 Å². The van der Waals surface area contributed by atoms with Crippen molar-refractivity contribution in [2.75, 3.05) is 0 Å². The fraction of sp³-hybridized carbons (Fsp3) is 0.364. The summed E-state index contributed by atoms with van der Waals surface area (Å²) < 4.78 is 50.9. The van der Waals surface area contributed by atoms with Gasteiger partial charge in [0.15, 0.2) is 0 Å². The molecule has 9 heteroatoms. The Bertz CT molecular complexity index is 538. The summed E-state index contributed by atoms with van der Waals surface area (Å²) in [7, 11) is 0. The van der Waals surface area contributed by atoms with E-state index in [0.29, 0.717) is 0 Å². The van der Waals surface area contributed by atoms with Crippen LogP contribution < -0.4 is 0 Å². The second kappa shape index (κ2) is 5.16. The first-order chi connectivity index (χ1) is 9.36. The van der Waals surface area contributed by atoms with Crippen molar-refractivity contribution in [3.8, 4) is 0 Å². The van der Waals surface area contributed by atoms with Gasteiger partial charge in [0.05, 0.1) is 5.56 Å². The van der Waals surface area contributed by atoms with Crippen LogP contribution in [0.4, 0.5) is 17.6 Å². The smallest absolute Gasteiger partial charge is 0.287 e. The van der Waals surface area contributed by atoms with Crippen LogP contribution in [0.1, 0.15) is 16.8 Å². The van der Waals surface area contributed by atoms with E-state index >= 15 is 0 Å². The number of aromatic nitrogens is 1. The quantitative estimate of drug-likeness (QED) is 0.858. The van der Waals surface area contributed by atoms with E-state index < -0.39 is 36.6 Å². The number of halogens is 4. The van der Waals surface area contributed by atoms with Gasteiger partial charge in [-0.3, -0.25) is 9.78 Å². The number of hydrogen-bond donors (Lipinski definition) is 1. The summed E-state index contributed by atoms with van der Waals surface area (Å²) in [4.78, 5) is 15.6. The zero-order valence-electron chi connectivity index (χ0n) is 9.88. The first-order valence-corrected chi connectivity index (χ1v) is 5.47. The molecule has 2 rings (SSSR count). The van der Waals surface area contributed by atoms with Gasteiger partial charge in [-0.05, 0) is 12.1 Å². The zero-order chi connectivity index (χ0) is 14.9. The third-order valence-corrected chi connectivity index (χ3v) is 2.74. The Balaban J connectivity index is 2.38. The number of aliphatic hydroxyl groups is 1. The largest absolute Gasteiger partial charge is 0.364 e. The summed E-state index contributed by atoms with van der Waals surface area (Å²) in [5.41, 5.74) is -4.19. The third kappa shape index (κ3) is 2.36. The van der Waals surface area contributed by atoms with Gasteiger partial charge in [-0.15, -0.1) is 0 Å². The van der Waals surface area contributed by atoms with Gasteiger partial charge in [-0.25, -0.2) is 17.6 Å². The van der Waals surface area contributed by atoms with Crippen molar-refractivity contribution in [2.24, 2.45) is 5.10 Å². The monoisotopic (exact) mass is 291 g/mol. The molecule has 0 bridgehead atoms. The lowest BCUT2D eigenvalue weighted by atomic mass is 10.1. The van der Waals surface area contributed by atoms with E-state index in [-0.39, 0.29) is 10.6 Å². The van der Waals surface area contributed by atoms with Gasteiger partial charge >= 0.3 is 0 Å². The number of hydrogen-bond acceptors (Lipinski definition) is 4. The van der Waals surface area contributed by atoms with Crippen LogP contribution in [-0.4, -0.2) is 45.3 Å². The summed E-state index contributed by atoms with van der Waals surface area (Å²) in [5.74, 6) is -1.13. The summed E-state index contributed by atoms with van der Waals surface area (Å²) >= 11 is 0. The number of amides is 1. The van der Waals surface area contributed by atoms with Gasteiger partial charge in [0, 0.05) is 18.8 Å². The molecule has 1 amide bonds. The molecule has 0 radical (unpaired) electrons. The second-order valence-electron chi connectivity index (χ2n) is 4.11. The average molecular weight is 291 g/mol. The number of carbonyl (C=O) groups excluding carboxylic acids is 1. The predicted octanol–water partition coefficient (Wildman–Crippen LogP) is 1.50. The lowest BCUT2D eigenvalue weighted by Crippen LogP contribution is -2.51. The third-order valence-electron chi connectivity index (χ3n) is 2.74. The van der Waals surface area contributed by atoms with Crippen LogP contribution in [0.25, 0.3) is 0 Å². The maximum atomic E-state index is 12.9. The minimum Gasteiger partial charge on any atom is -0.364 e. The van der Waals surface area contributed by atoms with Crippen LogP contribution >= 0.6 is 0 Å². The van der Waals surface area contributed by atoms with E-state index in [1.165, 1.54) is 18.3 Å². The highest BCUT2D eigenvalue weighted by atomic mass is 19.3. The summed E-state index contributed by atoms with van der Waals surface area (Å²) in [6.45, 7) is 0. The molecule has 0 spiro atoms. The number of hydrazone groups is 1. The molecule has 5 nitrogen and oxygen atoms in total. The zero-order valence-corrected chi connectivity index (χ0v) is 9.88. The fourth-order valence-corrected chi connectivity index (χ4v) is 1.72. The number of alkyl halides is 4. The van der Waals surface area contributed by atoms with Gasteiger partial charge < -0.3 is 5.11 Å². The lowest BCUT2D eigenvalue weighted by molar-refractivity contribution is -0.164. The standard InChI is InChI=1S/C11H9F4N3O2/c12-8(13)7-4-11(20,10(14)15)18(17-7)9(19)6-2-1-3-16-5-6/h1-3,5,8,10,20H,4H2. The predicted molar refractivity (Wildman–Crippen MR) is 59.4 cm³/mol. The van der Waals surface area contributed by atoms with Crippen LogP contribution in [0.5, 0.6) is 0 Å². The molecule has 0 fully saturated rings. The Hall–Kier alpha value is -2.03. The second-order valence-corrected chi connectivity index (χ2v) is 4.11. The molecule has 1 atom stereocenters. The Morgan fingerprint density at radius 3 is 2.60 bits per heavy atom. The van der Waals surface area contributed by atoms with E-state index in [0.717, 1.165) is 6.20 Å². The van der Waals surface area contributed by atoms with Gasteiger partial charge in [-0.2, -0.15) is 10.1 Å². The van der Waals surface area contributed by atoms with Crippen LogP contribution in [-0.2, 0) is 0 Å². The van der Waals surface area contributed by atoms with Gasteiger partial charge in [0.2, 0.25) is 5.72 Å². The normalized spacial score (nSPS) is 22.6. The molecule has 1 aromatic heterocycles. The highest BCUT2D eigenvalue weighted by Crippen LogP contribution is 2.34. The molecule has 0 saturated heterocycles. The van der Waals surface area contributed by atoms with Crippen molar-refractivity contribution < 1.29 is 27.5 Å². The SMILES string of the molecule is O=C(c1cccnc1)N1N=C(C(F)F)CC1(O)C(F)F. The van der Waals surface area contributed by atoms with Crippen molar-refractivity contribution in [1.29, 1.82) is 0 Å². The Morgan fingerprint density at radius 2 is 2.10 bits per heavy atom. The van der Waals surface area contributed by atoms with Crippen molar-refractivity contribution in [3.63, 3.8) is 0 Å². The number of carbonyl (C=O) groups is 1. The molecule has 0 aromatic carbocycles. The van der Waals surface area contributed by atoms with E-state index in [1.807, 2.05) is 0 Å². The molecule has 1 aliphatic rings. The molecular weight excluding hydrogens is 282 g/mol. The maximum absolute atomic E-state index is 12.9. The maximum Gasteiger partial charge on any atom is 0.287 e. The minimum atomic E-state index is -3.44. The lowest BCUT2D eigenvalue weighted by Gasteiger charge is -2.29. The minimum absolute atomic E-state index is 0.00380. The molecule has 0 saturated carbocycles. The molecule has 1 unspecified atom stereocenters. The van der Waals surface area contributed by atoms with Gasteiger partial charge in [-0.1, -0.05) is 0 Å². The Labute approximate surface area is 110 Å². The van der Waals surface area contributed by atoms with Gasteiger partial charge in [0.25, 0.3) is 18.8 Å². The van der Waals surface area contributed by atoms with Crippen LogP contribution in [0, 0.1) is 0 Å². The van der Waals surface area contributed by atoms with Gasteiger partial charge in [0.1, 0.15) is 5.71 Å². The van der Waals surface area contributed by atoms with Crippen molar-refractivity contribution in [2.45, 2.75) is 25.0 Å². The van der Waals surface area contributed by atoms with Crippen molar-refractivity contribution in [3.05, 3.63) is 30.1 Å².